The first-order chi connectivity index (χ1) is 9.56. The molecule has 20 heavy (non-hydrogen) atoms. The number of carbonyl (C=O) groups is 1. The van der Waals surface area contributed by atoms with Gasteiger partial charge in [0, 0.05) is 25.2 Å². The number of benzene rings is 1. The molecule has 0 saturated carbocycles. The molecular weight excluding hydrogens is 324 g/mol. The Hall–Kier alpha value is -1.11. The molecule has 112 valence electrons. The molecule has 0 aliphatic carbocycles. The maximum absolute atomic E-state index is 11.9. The van der Waals surface area contributed by atoms with Crippen LogP contribution in [0.15, 0.2) is 28.7 Å². The van der Waals surface area contributed by atoms with E-state index >= 15 is 0 Å². The highest BCUT2D eigenvalue weighted by molar-refractivity contribution is 9.10. The van der Waals surface area contributed by atoms with E-state index in [1.807, 2.05) is 24.3 Å². The van der Waals surface area contributed by atoms with E-state index < -0.39 is 0 Å². The largest absolute Gasteiger partial charge is 0.492 e. The van der Waals surface area contributed by atoms with E-state index in [0.29, 0.717) is 26.1 Å². The van der Waals surface area contributed by atoms with Gasteiger partial charge in [0.15, 0.2) is 0 Å². The van der Waals surface area contributed by atoms with Crippen molar-refractivity contribution in [3.8, 4) is 5.75 Å². The summed E-state index contributed by atoms with van der Waals surface area (Å²) < 4.78 is 11.7. The second-order valence-corrected chi connectivity index (χ2v) is 5.33. The number of hydrogen-bond acceptors (Lipinski definition) is 4. The van der Waals surface area contributed by atoms with Crippen molar-refractivity contribution in [1.82, 2.24) is 4.90 Å². The number of likely N-dealkylation sites (N-methyl/N-ethyl adjacent to an activating group) is 1. The molecule has 1 rings (SSSR count). The number of hydrogen-bond donors (Lipinski definition) is 1. The molecule has 1 aromatic rings. The summed E-state index contributed by atoms with van der Waals surface area (Å²) in [6.07, 6.45) is 0.0688. The van der Waals surface area contributed by atoms with Crippen molar-refractivity contribution < 1.29 is 14.3 Å². The summed E-state index contributed by atoms with van der Waals surface area (Å²) in [5, 5.41) is 0. The van der Waals surface area contributed by atoms with Crippen molar-refractivity contribution in [2.24, 2.45) is 5.73 Å². The quantitative estimate of drug-likeness (QED) is 0.778. The van der Waals surface area contributed by atoms with Crippen LogP contribution in [0.1, 0.15) is 6.42 Å². The van der Waals surface area contributed by atoms with Crippen molar-refractivity contribution in [3.63, 3.8) is 0 Å². The van der Waals surface area contributed by atoms with E-state index in [1.165, 1.54) is 0 Å². The predicted octanol–water partition coefficient (Wildman–Crippen LogP) is 1.65. The number of ether oxygens (including phenoxy) is 2. The Balaban J connectivity index is 2.30. The summed E-state index contributed by atoms with van der Waals surface area (Å²) in [6.45, 7) is 1.31. The predicted molar refractivity (Wildman–Crippen MR) is 81.7 cm³/mol. The van der Waals surface area contributed by atoms with Crippen LogP contribution in [0.5, 0.6) is 5.75 Å². The zero-order valence-electron chi connectivity index (χ0n) is 11.8. The summed E-state index contributed by atoms with van der Waals surface area (Å²) in [7, 11) is 3.30. The fourth-order valence-corrected chi connectivity index (χ4v) is 1.83. The van der Waals surface area contributed by atoms with E-state index in [2.05, 4.69) is 15.9 Å². The van der Waals surface area contributed by atoms with Crippen LogP contribution in [0, 0.1) is 0 Å². The fraction of sp³-hybridized carbons (Fsp3) is 0.500. The van der Waals surface area contributed by atoms with Gasteiger partial charge in [0.25, 0.3) is 0 Å². The second kappa shape index (κ2) is 8.94. The molecule has 1 aromatic carbocycles. The van der Waals surface area contributed by atoms with E-state index in [9.17, 15) is 4.79 Å². The smallest absolute Gasteiger partial charge is 0.225 e. The minimum absolute atomic E-state index is 0.00158. The summed E-state index contributed by atoms with van der Waals surface area (Å²) in [5.74, 6) is 0.785. The SMILES string of the molecule is COC(CN)CC(=O)N(C)CCOc1ccc(Br)cc1. The first-order valence-corrected chi connectivity index (χ1v) is 7.21. The number of carbonyl (C=O) groups excluding carboxylic acids is 1. The maximum atomic E-state index is 11.9. The van der Waals surface area contributed by atoms with Crippen LogP contribution in [0.2, 0.25) is 0 Å². The van der Waals surface area contributed by atoms with Gasteiger partial charge in [-0.3, -0.25) is 4.79 Å². The van der Waals surface area contributed by atoms with Gasteiger partial charge in [0.05, 0.1) is 19.1 Å². The summed E-state index contributed by atoms with van der Waals surface area (Å²) in [5.41, 5.74) is 5.50. The van der Waals surface area contributed by atoms with E-state index in [0.717, 1.165) is 10.2 Å². The van der Waals surface area contributed by atoms with Gasteiger partial charge in [0.2, 0.25) is 5.91 Å². The molecule has 0 fully saturated rings. The molecule has 0 aromatic heterocycles. The van der Waals surface area contributed by atoms with Gasteiger partial charge in [0.1, 0.15) is 12.4 Å². The summed E-state index contributed by atoms with van der Waals surface area (Å²) >= 11 is 3.36. The van der Waals surface area contributed by atoms with Gasteiger partial charge in [-0.05, 0) is 24.3 Å². The number of nitrogens with zero attached hydrogens (tertiary/aromatic N) is 1. The Morgan fingerprint density at radius 2 is 2.05 bits per heavy atom. The van der Waals surface area contributed by atoms with Gasteiger partial charge in [-0.2, -0.15) is 0 Å². The highest BCUT2D eigenvalue weighted by Gasteiger charge is 2.15. The Morgan fingerprint density at radius 1 is 1.40 bits per heavy atom. The molecular formula is C14H21BrN2O3. The van der Waals surface area contributed by atoms with Crippen molar-refractivity contribution in [3.05, 3.63) is 28.7 Å². The highest BCUT2D eigenvalue weighted by atomic mass is 79.9. The number of rotatable bonds is 8. The van der Waals surface area contributed by atoms with Crippen LogP contribution in [0.3, 0.4) is 0 Å². The zero-order valence-corrected chi connectivity index (χ0v) is 13.4. The minimum Gasteiger partial charge on any atom is -0.492 e. The molecule has 0 bridgehead atoms. The molecule has 0 aliphatic rings. The Labute approximate surface area is 128 Å². The average Bonchev–Trinajstić information content (AvgIpc) is 2.46. The summed E-state index contributed by atoms with van der Waals surface area (Å²) in [4.78, 5) is 13.5. The summed E-state index contributed by atoms with van der Waals surface area (Å²) in [6, 6.07) is 7.58. The van der Waals surface area contributed by atoms with Crippen LogP contribution >= 0.6 is 15.9 Å². The lowest BCUT2D eigenvalue weighted by molar-refractivity contribution is -0.132. The minimum atomic E-state index is -0.225. The molecule has 1 amide bonds. The van der Waals surface area contributed by atoms with E-state index in [1.54, 1.807) is 19.1 Å². The van der Waals surface area contributed by atoms with Crippen LogP contribution in [-0.2, 0) is 9.53 Å². The van der Waals surface area contributed by atoms with Gasteiger partial charge in [-0.1, -0.05) is 15.9 Å². The lowest BCUT2D eigenvalue weighted by Gasteiger charge is -2.20. The average molecular weight is 345 g/mol. The van der Waals surface area contributed by atoms with Crippen LogP contribution in [0.4, 0.5) is 0 Å². The van der Waals surface area contributed by atoms with Gasteiger partial charge < -0.3 is 20.1 Å². The number of amides is 1. The molecule has 2 N–H and O–H groups in total. The first kappa shape index (κ1) is 16.9. The monoisotopic (exact) mass is 344 g/mol. The molecule has 0 aliphatic heterocycles. The third-order valence-corrected chi connectivity index (χ3v) is 3.46. The van der Waals surface area contributed by atoms with E-state index in [4.69, 9.17) is 15.2 Å². The topological polar surface area (TPSA) is 64.8 Å². The Bertz CT molecular complexity index is 407. The highest BCUT2D eigenvalue weighted by Crippen LogP contribution is 2.15. The van der Waals surface area contributed by atoms with Crippen LogP contribution in [0.25, 0.3) is 0 Å². The molecule has 0 radical (unpaired) electrons. The van der Waals surface area contributed by atoms with Crippen molar-refractivity contribution >= 4 is 21.8 Å². The second-order valence-electron chi connectivity index (χ2n) is 4.42. The van der Waals surface area contributed by atoms with Gasteiger partial charge in [-0.25, -0.2) is 0 Å². The molecule has 5 nitrogen and oxygen atoms in total. The normalized spacial score (nSPS) is 12.0. The molecule has 0 saturated heterocycles. The third-order valence-electron chi connectivity index (χ3n) is 2.93. The Morgan fingerprint density at radius 3 is 2.60 bits per heavy atom. The molecule has 1 unspecified atom stereocenters. The first-order valence-electron chi connectivity index (χ1n) is 6.42. The molecule has 6 heteroatoms. The fourth-order valence-electron chi connectivity index (χ4n) is 1.57. The van der Waals surface area contributed by atoms with Crippen molar-refractivity contribution in [2.45, 2.75) is 12.5 Å². The number of halogens is 1. The van der Waals surface area contributed by atoms with Gasteiger partial charge >= 0.3 is 0 Å². The molecule has 0 spiro atoms. The standard InChI is InChI=1S/C14H21BrN2O3/c1-17(14(18)9-13(10-16)19-2)7-8-20-12-5-3-11(15)4-6-12/h3-6,13H,7-10,16H2,1-2H3. The third kappa shape index (κ3) is 5.90. The maximum Gasteiger partial charge on any atom is 0.225 e. The van der Waals surface area contributed by atoms with Crippen molar-refractivity contribution in [1.29, 1.82) is 0 Å². The molecule has 0 heterocycles. The van der Waals surface area contributed by atoms with Gasteiger partial charge in [-0.15, -0.1) is 0 Å². The lowest BCUT2D eigenvalue weighted by Crippen LogP contribution is -2.35. The van der Waals surface area contributed by atoms with Crippen LogP contribution in [-0.4, -0.2) is 50.8 Å². The molecule has 1 atom stereocenters. The Kier molecular flexibility index (Phi) is 7.58. The van der Waals surface area contributed by atoms with E-state index in [-0.39, 0.29) is 12.0 Å². The number of nitrogens with two attached hydrogens (primary N) is 1. The van der Waals surface area contributed by atoms with Crippen LogP contribution < -0.4 is 10.5 Å². The lowest BCUT2D eigenvalue weighted by atomic mass is 10.2. The zero-order chi connectivity index (χ0) is 15.0. The number of methoxy groups -OCH3 is 1. The van der Waals surface area contributed by atoms with Crippen molar-refractivity contribution in [2.75, 3.05) is 33.9 Å².